The molecule has 0 aromatic carbocycles. The van der Waals surface area contributed by atoms with E-state index in [1.807, 2.05) is 0 Å². The van der Waals surface area contributed by atoms with E-state index in [1.165, 1.54) is 19.4 Å². The van der Waals surface area contributed by atoms with Gasteiger partial charge in [0.2, 0.25) is 0 Å². The highest BCUT2D eigenvalue weighted by molar-refractivity contribution is 6.33. The lowest BCUT2D eigenvalue weighted by Gasteiger charge is -2.23. The summed E-state index contributed by atoms with van der Waals surface area (Å²) in [7, 11) is 0. The van der Waals surface area contributed by atoms with Crippen molar-refractivity contribution in [3.8, 4) is 0 Å². The quantitative estimate of drug-likeness (QED) is 0.917. The molecular formula is C11H16Cl2N4. The van der Waals surface area contributed by atoms with E-state index in [9.17, 15) is 0 Å². The first kappa shape index (κ1) is 12.9. The first-order chi connectivity index (χ1) is 8.20. The lowest BCUT2D eigenvalue weighted by Crippen LogP contribution is -2.34. The van der Waals surface area contributed by atoms with Crippen LogP contribution in [0.25, 0.3) is 0 Å². The highest BCUT2D eigenvalue weighted by atomic mass is 35.5. The third-order valence-corrected chi connectivity index (χ3v) is 3.62. The number of rotatable bonds is 4. The largest absolute Gasteiger partial charge is 0.381 e. The van der Waals surface area contributed by atoms with E-state index in [-0.39, 0.29) is 0 Å². The molecule has 1 aliphatic heterocycles. The number of aromatic nitrogens is 2. The summed E-state index contributed by atoms with van der Waals surface area (Å²) in [5.74, 6) is 0. The number of nitrogens with one attached hydrogen (secondary N) is 1. The van der Waals surface area contributed by atoms with Gasteiger partial charge in [0.1, 0.15) is 0 Å². The second-order valence-corrected chi connectivity index (χ2v) is 4.92. The molecule has 0 bridgehead atoms. The molecule has 0 saturated carbocycles. The highest BCUT2D eigenvalue weighted by Gasteiger charge is 2.22. The summed E-state index contributed by atoms with van der Waals surface area (Å²) in [4.78, 5) is 2.47. The molecule has 1 unspecified atom stereocenters. The van der Waals surface area contributed by atoms with Crippen LogP contribution in [0.4, 0.5) is 5.69 Å². The van der Waals surface area contributed by atoms with Crippen LogP contribution in [-0.4, -0.2) is 40.8 Å². The Labute approximate surface area is 111 Å². The Morgan fingerprint density at radius 3 is 3.06 bits per heavy atom. The highest BCUT2D eigenvalue weighted by Crippen LogP contribution is 2.22. The number of likely N-dealkylation sites (N-methyl/N-ethyl adjacent to an activating group) is 1. The van der Waals surface area contributed by atoms with Crippen LogP contribution in [0.1, 0.15) is 19.8 Å². The molecule has 2 heterocycles. The number of likely N-dealkylation sites (tertiary alicyclic amines) is 1. The van der Waals surface area contributed by atoms with Crippen molar-refractivity contribution in [3.63, 3.8) is 0 Å². The topological polar surface area (TPSA) is 41.0 Å². The third-order valence-electron chi connectivity index (χ3n) is 3.15. The van der Waals surface area contributed by atoms with Crippen molar-refractivity contribution >= 4 is 28.9 Å². The van der Waals surface area contributed by atoms with Gasteiger partial charge in [-0.1, -0.05) is 30.1 Å². The second-order valence-electron chi connectivity index (χ2n) is 4.18. The zero-order valence-electron chi connectivity index (χ0n) is 9.79. The standard InChI is InChI=1S/C11H16Cl2N4/c1-2-17-5-3-4-8(17)7-14-9-6-10(12)15-16-11(9)13/h6,8H,2-5,7H2,1H3,(H,14,15). The van der Waals surface area contributed by atoms with Gasteiger partial charge in [-0.3, -0.25) is 4.90 Å². The van der Waals surface area contributed by atoms with Crippen LogP contribution in [0.5, 0.6) is 0 Å². The van der Waals surface area contributed by atoms with Crippen molar-refractivity contribution in [3.05, 3.63) is 16.4 Å². The van der Waals surface area contributed by atoms with Crippen LogP contribution in [0, 0.1) is 0 Å². The molecule has 1 aromatic heterocycles. The summed E-state index contributed by atoms with van der Waals surface area (Å²) < 4.78 is 0. The van der Waals surface area contributed by atoms with Crippen molar-refractivity contribution in [1.29, 1.82) is 0 Å². The predicted molar refractivity (Wildman–Crippen MR) is 70.8 cm³/mol. The Hall–Kier alpha value is -0.580. The number of halogens is 2. The summed E-state index contributed by atoms with van der Waals surface area (Å²) in [6.45, 7) is 5.34. The molecule has 94 valence electrons. The average Bonchev–Trinajstić information content (AvgIpc) is 2.77. The first-order valence-electron chi connectivity index (χ1n) is 5.87. The van der Waals surface area contributed by atoms with Crippen LogP contribution in [-0.2, 0) is 0 Å². The van der Waals surface area contributed by atoms with Crippen LogP contribution in [0.15, 0.2) is 6.07 Å². The molecule has 0 aliphatic carbocycles. The van der Waals surface area contributed by atoms with Gasteiger partial charge in [0.15, 0.2) is 10.3 Å². The fourth-order valence-corrected chi connectivity index (χ4v) is 2.55. The van der Waals surface area contributed by atoms with Crippen molar-refractivity contribution in [2.45, 2.75) is 25.8 Å². The minimum absolute atomic E-state index is 0.357. The van der Waals surface area contributed by atoms with E-state index in [2.05, 4.69) is 27.3 Å². The van der Waals surface area contributed by atoms with Gasteiger partial charge >= 0.3 is 0 Å². The Morgan fingerprint density at radius 1 is 1.47 bits per heavy atom. The van der Waals surface area contributed by atoms with Crippen molar-refractivity contribution in [2.24, 2.45) is 0 Å². The summed E-state index contributed by atoms with van der Waals surface area (Å²) >= 11 is 11.7. The third kappa shape index (κ3) is 3.21. The van der Waals surface area contributed by atoms with Gasteiger partial charge in [-0.25, -0.2) is 0 Å². The minimum atomic E-state index is 0.357. The molecule has 4 nitrogen and oxygen atoms in total. The van der Waals surface area contributed by atoms with Crippen molar-refractivity contribution in [2.75, 3.05) is 25.0 Å². The molecule has 0 radical (unpaired) electrons. The SMILES string of the molecule is CCN1CCCC1CNc1cc(Cl)nnc1Cl. The monoisotopic (exact) mass is 274 g/mol. The van der Waals surface area contributed by atoms with E-state index in [4.69, 9.17) is 23.2 Å². The molecule has 6 heteroatoms. The summed E-state index contributed by atoms with van der Waals surface area (Å²) in [5.41, 5.74) is 0.759. The van der Waals surface area contributed by atoms with Gasteiger partial charge in [0.05, 0.1) is 5.69 Å². The maximum Gasteiger partial charge on any atom is 0.174 e. The summed E-state index contributed by atoms with van der Waals surface area (Å²) in [6, 6.07) is 2.28. The van der Waals surface area contributed by atoms with Gasteiger partial charge in [0.25, 0.3) is 0 Å². The Kier molecular flexibility index (Phi) is 4.42. The fraction of sp³-hybridized carbons (Fsp3) is 0.636. The fourth-order valence-electron chi connectivity index (χ4n) is 2.25. The Balaban J connectivity index is 1.95. The lowest BCUT2D eigenvalue weighted by molar-refractivity contribution is 0.277. The Morgan fingerprint density at radius 2 is 2.29 bits per heavy atom. The maximum atomic E-state index is 5.94. The number of nitrogens with zero attached hydrogens (tertiary/aromatic N) is 3. The van der Waals surface area contributed by atoms with Gasteiger partial charge in [-0.15, -0.1) is 10.2 Å². The van der Waals surface area contributed by atoms with Gasteiger partial charge < -0.3 is 5.32 Å². The van der Waals surface area contributed by atoms with Gasteiger partial charge in [0, 0.05) is 18.7 Å². The molecule has 1 aliphatic rings. The van der Waals surface area contributed by atoms with Crippen LogP contribution >= 0.6 is 23.2 Å². The van der Waals surface area contributed by atoms with E-state index in [0.29, 0.717) is 16.3 Å². The second kappa shape index (κ2) is 5.85. The number of anilines is 1. The van der Waals surface area contributed by atoms with E-state index in [0.717, 1.165) is 18.8 Å². The van der Waals surface area contributed by atoms with Crippen LogP contribution in [0.3, 0.4) is 0 Å². The minimum Gasteiger partial charge on any atom is -0.381 e. The van der Waals surface area contributed by atoms with Crippen molar-refractivity contribution < 1.29 is 0 Å². The average molecular weight is 275 g/mol. The van der Waals surface area contributed by atoms with Crippen molar-refractivity contribution in [1.82, 2.24) is 15.1 Å². The molecule has 0 amide bonds. The van der Waals surface area contributed by atoms with E-state index >= 15 is 0 Å². The predicted octanol–water partition coefficient (Wildman–Crippen LogP) is 2.68. The van der Waals surface area contributed by atoms with Crippen LogP contribution in [0.2, 0.25) is 10.3 Å². The molecular weight excluding hydrogens is 259 g/mol. The summed E-state index contributed by atoms with van der Waals surface area (Å²) in [6.07, 6.45) is 2.49. The molecule has 1 atom stereocenters. The molecule has 2 rings (SSSR count). The molecule has 0 spiro atoms. The normalized spacial score (nSPS) is 20.8. The maximum absolute atomic E-state index is 5.94. The molecule has 1 fully saturated rings. The van der Waals surface area contributed by atoms with Gasteiger partial charge in [-0.05, 0) is 25.9 Å². The zero-order valence-corrected chi connectivity index (χ0v) is 11.3. The molecule has 1 N–H and O–H groups in total. The number of hydrogen-bond acceptors (Lipinski definition) is 4. The molecule has 1 saturated heterocycles. The lowest BCUT2D eigenvalue weighted by atomic mass is 10.2. The van der Waals surface area contributed by atoms with Crippen LogP contribution < -0.4 is 5.32 Å². The summed E-state index contributed by atoms with van der Waals surface area (Å²) in [5, 5.41) is 11.5. The first-order valence-corrected chi connectivity index (χ1v) is 6.63. The zero-order chi connectivity index (χ0) is 12.3. The molecule has 17 heavy (non-hydrogen) atoms. The van der Waals surface area contributed by atoms with Gasteiger partial charge in [-0.2, -0.15) is 0 Å². The van der Waals surface area contributed by atoms with E-state index < -0.39 is 0 Å². The van der Waals surface area contributed by atoms with E-state index in [1.54, 1.807) is 6.07 Å². The Bertz CT molecular complexity index is 386. The smallest absolute Gasteiger partial charge is 0.174 e. The molecule has 1 aromatic rings. The number of hydrogen-bond donors (Lipinski definition) is 1.